The molecule has 0 atom stereocenters. The van der Waals surface area contributed by atoms with E-state index in [4.69, 9.17) is 4.74 Å². The molecule has 3 aromatic rings. The highest BCUT2D eigenvalue weighted by Gasteiger charge is 2.14. The molecule has 0 fully saturated rings. The number of aromatic hydroxyl groups is 1. The van der Waals surface area contributed by atoms with E-state index in [1.165, 1.54) is 12.1 Å². The fraction of sp³-hybridized carbons (Fsp3) is 0.0476. The smallest absolute Gasteiger partial charge is 0.340 e. The Bertz CT molecular complexity index is 986. The first-order chi connectivity index (χ1) is 13.6. The highest BCUT2D eigenvalue weighted by atomic mass is 16.5. The lowest BCUT2D eigenvalue weighted by Gasteiger charge is -2.07. The largest absolute Gasteiger partial charge is 0.508 e. The molecule has 0 aliphatic rings. The molecule has 0 unspecified atom stereocenters. The Morgan fingerprint density at radius 3 is 2.29 bits per heavy atom. The standard InChI is InChI=1S/C21H17N3O4/c25-17-12-10-16(11-13-17)23-24-19-9-5-4-8-18(19)21(27)28-14-20(26)22-15-6-2-1-3-7-15/h1-13,25H,14H2,(H,22,26). The zero-order valence-corrected chi connectivity index (χ0v) is 14.8. The Hall–Kier alpha value is -4.00. The minimum absolute atomic E-state index is 0.122. The molecule has 7 nitrogen and oxygen atoms in total. The van der Waals surface area contributed by atoms with Crippen LogP contribution in [0.15, 0.2) is 89.1 Å². The van der Waals surface area contributed by atoms with Crippen LogP contribution in [0.1, 0.15) is 10.4 Å². The molecule has 3 rings (SSSR count). The Kier molecular flexibility index (Phi) is 6.10. The van der Waals surface area contributed by atoms with E-state index in [0.29, 0.717) is 17.1 Å². The van der Waals surface area contributed by atoms with E-state index >= 15 is 0 Å². The van der Waals surface area contributed by atoms with Crippen LogP contribution >= 0.6 is 0 Å². The van der Waals surface area contributed by atoms with Crippen LogP contribution in [0.2, 0.25) is 0 Å². The van der Waals surface area contributed by atoms with Crippen LogP contribution in [0.4, 0.5) is 17.1 Å². The van der Waals surface area contributed by atoms with Crippen LogP contribution in [-0.2, 0) is 9.53 Å². The number of para-hydroxylation sites is 1. The lowest BCUT2D eigenvalue weighted by molar-refractivity contribution is -0.119. The van der Waals surface area contributed by atoms with E-state index in [2.05, 4.69) is 15.5 Å². The first-order valence-corrected chi connectivity index (χ1v) is 8.43. The van der Waals surface area contributed by atoms with Crippen molar-refractivity contribution in [3.8, 4) is 5.75 Å². The van der Waals surface area contributed by atoms with Crippen LogP contribution in [0.25, 0.3) is 0 Å². The molecule has 0 saturated heterocycles. The number of hydrogen-bond donors (Lipinski definition) is 2. The van der Waals surface area contributed by atoms with E-state index in [-0.39, 0.29) is 11.3 Å². The second-order valence-corrected chi connectivity index (χ2v) is 5.72. The average molecular weight is 375 g/mol. The van der Waals surface area contributed by atoms with Gasteiger partial charge in [-0.2, -0.15) is 5.11 Å². The lowest BCUT2D eigenvalue weighted by atomic mass is 10.2. The third-order valence-corrected chi connectivity index (χ3v) is 3.64. The molecular formula is C21H17N3O4. The molecule has 0 aliphatic heterocycles. The van der Waals surface area contributed by atoms with Crippen LogP contribution in [0, 0.1) is 0 Å². The number of nitrogens with zero attached hydrogens (tertiary/aromatic N) is 2. The summed E-state index contributed by atoms with van der Waals surface area (Å²) in [5, 5.41) is 20.0. The van der Waals surface area contributed by atoms with Crippen molar-refractivity contribution in [3.05, 3.63) is 84.4 Å². The maximum absolute atomic E-state index is 12.3. The molecule has 7 heteroatoms. The van der Waals surface area contributed by atoms with Gasteiger partial charge in [-0.25, -0.2) is 4.79 Å². The number of amides is 1. The number of carbonyl (C=O) groups is 2. The molecule has 1 amide bonds. The van der Waals surface area contributed by atoms with Crippen LogP contribution in [0.3, 0.4) is 0 Å². The molecule has 0 radical (unpaired) electrons. The van der Waals surface area contributed by atoms with E-state index in [0.717, 1.165) is 0 Å². The third kappa shape index (κ3) is 5.25. The normalized spacial score (nSPS) is 10.6. The second-order valence-electron chi connectivity index (χ2n) is 5.72. The SMILES string of the molecule is O=C(COC(=O)c1ccccc1N=Nc1ccc(O)cc1)Nc1ccccc1. The molecule has 2 N–H and O–H groups in total. The summed E-state index contributed by atoms with van der Waals surface area (Å²) in [4.78, 5) is 24.3. The summed E-state index contributed by atoms with van der Waals surface area (Å²) in [7, 11) is 0. The molecule has 0 aromatic heterocycles. The number of anilines is 1. The molecule has 0 saturated carbocycles. The maximum atomic E-state index is 12.3. The van der Waals surface area contributed by atoms with Crippen molar-refractivity contribution in [3.63, 3.8) is 0 Å². The molecule has 0 bridgehead atoms. The van der Waals surface area contributed by atoms with E-state index in [9.17, 15) is 14.7 Å². The van der Waals surface area contributed by atoms with Gasteiger partial charge in [0.05, 0.1) is 11.3 Å². The van der Waals surface area contributed by atoms with Crippen molar-refractivity contribution in [1.82, 2.24) is 0 Å². The molecule has 140 valence electrons. The van der Waals surface area contributed by atoms with Crippen molar-refractivity contribution in [2.45, 2.75) is 0 Å². The summed E-state index contributed by atoms with van der Waals surface area (Å²) in [5.41, 5.74) is 1.64. The molecule has 3 aromatic carbocycles. The van der Waals surface area contributed by atoms with Crippen molar-refractivity contribution in [2.75, 3.05) is 11.9 Å². The van der Waals surface area contributed by atoms with Crippen LogP contribution < -0.4 is 5.32 Å². The average Bonchev–Trinajstić information content (AvgIpc) is 2.72. The maximum Gasteiger partial charge on any atom is 0.340 e. The Morgan fingerprint density at radius 2 is 1.54 bits per heavy atom. The number of benzene rings is 3. The van der Waals surface area contributed by atoms with Gasteiger partial charge in [0.1, 0.15) is 11.4 Å². The summed E-state index contributed by atoms with van der Waals surface area (Å²) >= 11 is 0. The number of ether oxygens (including phenoxy) is 1. The monoisotopic (exact) mass is 375 g/mol. The topological polar surface area (TPSA) is 100 Å². The van der Waals surface area contributed by atoms with Crippen molar-refractivity contribution < 1.29 is 19.4 Å². The second kappa shape index (κ2) is 9.09. The fourth-order valence-electron chi connectivity index (χ4n) is 2.29. The van der Waals surface area contributed by atoms with Gasteiger partial charge in [-0.3, -0.25) is 4.79 Å². The van der Waals surface area contributed by atoms with Crippen LogP contribution in [-0.4, -0.2) is 23.6 Å². The number of phenolic OH excluding ortho intramolecular Hbond substituents is 1. The first kappa shape index (κ1) is 18.8. The van der Waals surface area contributed by atoms with Gasteiger partial charge >= 0.3 is 5.97 Å². The zero-order chi connectivity index (χ0) is 19.8. The molecule has 0 aliphatic carbocycles. The summed E-state index contributed by atoms with van der Waals surface area (Å²) < 4.78 is 5.08. The van der Waals surface area contributed by atoms with E-state index in [1.54, 1.807) is 60.7 Å². The van der Waals surface area contributed by atoms with Crippen molar-refractivity contribution in [1.29, 1.82) is 0 Å². The Labute approximate surface area is 161 Å². The minimum Gasteiger partial charge on any atom is -0.508 e. The van der Waals surface area contributed by atoms with Gasteiger partial charge in [-0.15, -0.1) is 5.11 Å². The lowest BCUT2D eigenvalue weighted by Crippen LogP contribution is -2.20. The van der Waals surface area contributed by atoms with Crippen molar-refractivity contribution in [2.24, 2.45) is 10.2 Å². The molecule has 0 spiro atoms. The van der Waals surface area contributed by atoms with Gasteiger partial charge < -0.3 is 15.2 Å². The van der Waals surface area contributed by atoms with Crippen LogP contribution in [0.5, 0.6) is 5.75 Å². The third-order valence-electron chi connectivity index (χ3n) is 3.64. The summed E-state index contributed by atoms with van der Waals surface area (Å²) in [6, 6.07) is 21.6. The highest BCUT2D eigenvalue weighted by molar-refractivity contribution is 5.98. The number of hydrogen-bond acceptors (Lipinski definition) is 6. The fourth-order valence-corrected chi connectivity index (χ4v) is 2.29. The van der Waals surface area contributed by atoms with Gasteiger partial charge in [0, 0.05) is 5.69 Å². The number of rotatable bonds is 6. The Morgan fingerprint density at radius 1 is 0.857 bits per heavy atom. The predicted molar refractivity (Wildman–Crippen MR) is 104 cm³/mol. The number of azo groups is 1. The summed E-state index contributed by atoms with van der Waals surface area (Å²) in [6.45, 7) is -0.419. The van der Waals surface area contributed by atoms with Crippen molar-refractivity contribution >= 4 is 28.9 Å². The number of phenols is 1. The predicted octanol–water partition coefficient (Wildman–Crippen LogP) is 4.60. The number of esters is 1. The van der Waals surface area contributed by atoms with Gasteiger partial charge in [-0.1, -0.05) is 30.3 Å². The van der Waals surface area contributed by atoms with Gasteiger partial charge in [0.2, 0.25) is 0 Å². The summed E-state index contributed by atoms with van der Waals surface area (Å²) in [6.07, 6.45) is 0. The number of nitrogens with one attached hydrogen (secondary N) is 1. The quantitative estimate of drug-likeness (QED) is 0.485. The molecular weight excluding hydrogens is 358 g/mol. The van der Waals surface area contributed by atoms with Gasteiger partial charge in [-0.05, 0) is 48.5 Å². The van der Waals surface area contributed by atoms with Gasteiger partial charge in [0.25, 0.3) is 5.91 Å². The molecule has 0 heterocycles. The number of carbonyl (C=O) groups excluding carboxylic acids is 2. The zero-order valence-electron chi connectivity index (χ0n) is 14.8. The van der Waals surface area contributed by atoms with E-state index < -0.39 is 18.5 Å². The minimum atomic E-state index is -0.677. The Balaban J connectivity index is 1.63. The molecule has 28 heavy (non-hydrogen) atoms. The summed E-state index contributed by atoms with van der Waals surface area (Å²) in [5.74, 6) is -0.997. The van der Waals surface area contributed by atoms with E-state index in [1.807, 2.05) is 6.07 Å². The first-order valence-electron chi connectivity index (χ1n) is 8.43. The van der Waals surface area contributed by atoms with Gasteiger partial charge in [0.15, 0.2) is 6.61 Å². The highest BCUT2D eigenvalue weighted by Crippen LogP contribution is 2.24.